The molecule has 2 rings (SSSR count). The molecule has 4 heteroatoms. The van der Waals surface area contributed by atoms with Crippen molar-refractivity contribution >= 4 is 0 Å². The number of methoxy groups -OCH3 is 1. The molecule has 0 unspecified atom stereocenters. The Morgan fingerprint density at radius 1 is 1.18 bits per heavy atom. The molecule has 2 aromatic rings. The van der Waals surface area contributed by atoms with Gasteiger partial charge in [-0.2, -0.15) is 0 Å². The molecule has 0 aliphatic carbocycles. The van der Waals surface area contributed by atoms with E-state index >= 15 is 0 Å². The minimum atomic E-state index is -0.188. The number of benzene rings is 1. The van der Waals surface area contributed by atoms with E-state index in [9.17, 15) is 4.39 Å². The first kappa shape index (κ1) is 16.7. The molecule has 1 aromatic heterocycles. The van der Waals surface area contributed by atoms with Gasteiger partial charge < -0.3 is 9.30 Å². The molecule has 0 bridgehead atoms. The zero-order valence-electron chi connectivity index (χ0n) is 13.5. The molecule has 3 nitrogen and oxygen atoms in total. The lowest BCUT2D eigenvalue weighted by Crippen LogP contribution is -2.26. The molecule has 22 heavy (non-hydrogen) atoms. The minimum absolute atomic E-state index is 0.188. The monoisotopic (exact) mass is 304 g/mol. The number of rotatable bonds is 9. The molecule has 0 aliphatic rings. The Morgan fingerprint density at radius 3 is 2.64 bits per heavy atom. The Bertz CT molecular complexity index is 550. The normalized spacial score (nSPS) is 11.3. The summed E-state index contributed by atoms with van der Waals surface area (Å²) in [6, 6.07) is 10.9. The van der Waals surface area contributed by atoms with Gasteiger partial charge in [0.25, 0.3) is 0 Å². The second-order valence-corrected chi connectivity index (χ2v) is 5.47. The fourth-order valence-corrected chi connectivity index (χ4v) is 2.54. The standard InChI is InChI=1S/C18H25FN2O/c1-3-20(11-5-13-22-2)15-18-6-4-12-21(18)14-16-7-9-17(19)10-8-16/h4,6-10,12H,3,5,11,13-15H2,1-2H3. The van der Waals surface area contributed by atoms with E-state index < -0.39 is 0 Å². The van der Waals surface area contributed by atoms with Crippen LogP contribution in [0.3, 0.4) is 0 Å². The average molecular weight is 304 g/mol. The van der Waals surface area contributed by atoms with E-state index in [4.69, 9.17) is 4.74 Å². The average Bonchev–Trinajstić information content (AvgIpc) is 2.95. The van der Waals surface area contributed by atoms with Gasteiger partial charge in [-0.3, -0.25) is 4.90 Å². The van der Waals surface area contributed by atoms with Crippen molar-refractivity contribution in [1.29, 1.82) is 0 Å². The summed E-state index contributed by atoms with van der Waals surface area (Å²) >= 11 is 0. The van der Waals surface area contributed by atoms with Crippen LogP contribution in [0.5, 0.6) is 0 Å². The van der Waals surface area contributed by atoms with Crippen molar-refractivity contribution in [2.45, 2.75) is 26.4 Å². The van der Waals surface area contributed by atoms with Crippen molar-refractivity contribution in [2.24, 2.45) is 0 Å². The first-order valence-corrected chi connectivity index (χ1v) is 7.82. The van der Waals surface area contributed by atoms with Crippen molar-refractivity contribution in [3.63, 3.8) is 0 Å². The van der Waals surface area contributed by atoms with Crippen LogP contribution in [0.25, 0.3) is 0 Å². The lowest BCUT2D eigenvalue weighted by atomic mass is 10.2. The van der Waals surface area contributed by atoms with Gasteiger partial charge in [0.15, 0.2) is 0 Å². The van der Waals surface area contributed by atoms with E-state index in [-0.39, 0.29) is 5.82 Å². The van der Waals surface area contributed by atoms with Gasteiger partial charge >= 0.3 is 0 Å². The first-order valence-electron chi connectivity index (χ1n) is 7.82. The number of nitrogens with zero attached hydrogens (tertiary/aromatic N) is 2. The lowest BCUT2D eigenvalue weighted by molar-refractivity contribution is 0.170. The van der Waals surface area contributed by atoms with Crippen LogP contribution in [0.15, 0.2) is 42.6 Å². The van der Waals surface area contributed by atoms with Crippen LogP contribution in [0.1, 0.15) is 24.6 Å². The third-order valence-corrected chi connectivity index (χ3v) is 3.85. The van der Waals surface area contributed by atoms with Gasteiger partial charge in [-0.05, 0) is 42.8 Å². The van der Waals surface area contributed by atoms with E-state index in [2.05, 4.69) is 34.7 Å². The predicted octanol–water partition coefficient (Wildman–Crippen LogP) is 3.53. The molecule has 1 aromatic carbocycles. The summed E-state index contributed by atoms with van der Waals surface area (Å²) in [4.78, 5) is 2.41. The van der Waals surface area contributed by atoms with Crippen molar-refractivity contribution in [2.75, 3.05) is 26.8 Å². The summed E-state index contributed by atoms with van der Waals surface area (Å²) in [6.07, 6.45) is 3.13. The van der Waals surface area contributed by atoms with Crippen molar-refractivity contribution < 1.29 is 9.13 Å². The topological polar surface area (TPSA) is 17.4 Å². The molecule has 1 heterocycles. The van der Waals surface area contributed by atoms with Crippen LogP contribution >= 0.6 is 0 Å². The predicted molar refractivity (Wildman–Crippen MR) is 87.4 cm³/mol. The highest BCUT2D eigenvalue weighted by atomic mass is 19.1. The van der Waals surface area contributed by atoms with Crippen LogP contribution in [0.4, 0.5) is 4.39 Å². The Hall–Kier alpha value is -1.65. The van der Waals surface area contributed by atoms with Gasteiger partial charge in [0, 0.05) is 45.2 Å². The van der Waals surface area contributed by atoms with Crippen molar-refractivity contribution in [1.82, 2.24) is 9.47 Å². The quantitative estimate of drug-likeness (QED) is 0.659. The molecule has 0 spiro atoms. The SMILES string of the molecule is CCN(CCCOC)Cc1cccn1Cc1ccc(F)cc1. The van der Waals surface area contributed by atoms with Gasteiger partial charge in [0.05, 0.1) is 0 Å². The molecular weight excluding hydrogens is 279 g/mol. The number of hydrogen-bond acceptors (Lipinski definition) is 2. The zero-order chi connectivity index (χ0) is 15.8. The fourth-order valence-electron chi connectivity index (χ4n) is 2.54. The van der Waals surface area contributed by atoms with E-state index in [1.807, 2.05) is 12.1 Å². The van der Waals surface area contributed by atoms with Crippen LogP contribution < -0.4 is 0 Å². The molecule has 0 N–H and O–H groups in total. The van der Waals surface area contributed by atoms with Crippen LogP contribution in [-0.2, 0) is 17.8 Å². The smallest absolute Gasteiger partial charge is 0.123 e. The molecule has 0 atom stereocenters. The first-order chi connectivity index (χ1) is 10.7. The van der Waals surface area contributed by atoms with Gasteiger partial charge in [0.2, 0.25) is 0 Å². The van der Waals surface area contributed by atoms with Crippen molar-refractivity contribution in [3.8, 4) is 0 Å². The van der Waals surface area contributed by atoms with Gasteiger partial charge in [0.1, 0.15) is 5.82 Å². The van der Waals surface area contributed by atoms with E-state index in [0.717, 1.165) is 44.8 Å². The Kier molecular flexibility index (Phi) is 6.62. The second-order valence-electron chi connectivity index (χ2n) is 5.47. The molecule has 0 fully saturated rings. The Morgan fingerprint density at radius 2 is 1.95 bits per heavy atom. The maximum absolute atomic E-state index is 13.0. The fraction of sp³-hybridized carbons (Fsp3) is 0.444. The molecular formula is C18H25FN2O. The van der Waals surface area contributed by atoms with Crippen LogP contribution in [0.2, 0.25) is 0 Å². The number of hydrogen-bond donors (Lipinski definition) is 0. The molecule has 0 aliphatic heterocycles. The summed E-state index contributed by atoms with van der Waals surface area (Å²) in [5.74, 6) is -0.188. The van der Waals surface area contributed by atoms with E-state index in [1.165, 1.54) is 17.8 Å². The van der Waals surface area contributed by atoms with Crippen LogP contribution in [-0.4, -0.2) is 36.3 Å². The second kappa shape index (κ2) is 8.71. The summed E-state index contributed by atoms with van der Waals surface area (Å²) in [5, 5.41) is 0. The molecule has 120 valence electrons. The van der Waals surface area contributed by atoms with Crippen LogP contribution in [0, 0.1) is 5.82 Å². The van der Waals surface area contributed by atoms with Gasteiger partial charge in [-0.1, -0.05) is 19.1 Å². The molecule has 0 radical (unpaired) electrons. The maximum Gasteiger partial charge on any atom is 0.123 e. The van der Waals surface area contributed by atoms with E-state index in [0.29, 0.717) is 0 Å². The highest BCUT2D eigenvalue weighted by Crippen LogP contribution is 2.11. The Labute approximate surface area is 132 Å². The number of ether oxygens (including phenoxy) is 1. The summed E-state index contributed by atoms with van der Waals surface area (Å²) < 4.78 is 20.3. The highest BCUT2D eigenvalue weighted by molar-refractivity contribution is 5.18. The summed E-state index contributed by atoms with van der Waals surface area (Å²) in [5.41, 5.74) is 2.39. The summed E-state index contributed by atoms with van der Waals surface area (Å²) in [6.45, 7) is 6.73. The summed E-state index contributed by atoms with van der Waals surface area (Å²) in [7, 11) is 1.74. The van der Waals surface area contributed by atoms with Crippen molar-refractivity contribution in [3.05, 3.63) is 59.7 Å². The third kappa shape index (κ3) is 4.97. The maximum atomic E-state index is 13.0. The minimum Gasteiger partial charge on any atom is -0.385 e. The largest absolute Gasteiger partial charge is 0.385 e. The molecule has 0 saturated carbocycles. The van der Waals surface area contributed by atoms with Gasteiger partial charge in [-0.15, -0.1) is 0 Å². The molecule has 0 amide bonds. The number of aromatic nitrogens is 1. The Balaban J connectivity index is 1.97. The van der Waals surface area contributed by atoms with Gasteiger partial charge in [-0.25, -0.2) is 4.39 Å². The number of halogens is 1. The molecule has 0 saturated heterocycles. The van der Waals surface area contributed by atoms with E-state index in [1.54, 1.807) is 7.11 Å². The highest BCUT2D eigenvalue weighted by Gasteiger charge is 2.08. The lowest BCUT2D eigenvalue weighted by Gasteiger charge is -2.21. The zero-order valence-corrected chi connectivity index (χ0v) is 13.5. The third-order valence-electron chi connectivity index (χ3n) is 3.85.